The van der Waals surface area contributed by atoms with Gasteiger partial charge in [0, 0.05) is 14.8 Å². The molecule has 0 spiro atoms. The molecule has 2 rings (SSSR count). The molecule has 0 unspecified atom stereocenters. The van der Waals surface area contributed by atoms with E-state index in [0.717, 1.165) is 3.57 Å². The molecule has 0 saturated heterocycles. The van der Waals surface area contributed by atoms with E-state index >= 15 is 0 Å². The van der Waals surface area contributed by atoms with Crippen LogP contribution in [0, 0.1) is 14.9 Å². The lowest BCUT2D eigenvalue weighted by Gasteiger charge is -2.09. The van der Waals surface area contributed by atoms with Gasteiger partial charge < -0.3 is 19.9 Å². The summed E-state index contributed by atoms with van der Waals surface area (Å²) in [6.07, 6.45) is 1.32. The Balaban J connectivity index is 2.25. The van der Waals surface area contributed by atoms with Crippen molar-refractivity contribution in [1.82, 2.24) is 0 Å². The number of benzene rings is 2. The van der Waals surface area contributed by atoms with Crippen LogP contribution in [0.4, 0.5) is 5.69 Å². The standard InChI is InChI=1S/C19H17IN2O4/c1-3-26-16-6-4-15(5-7-16)22-19(24)13(11-21)8-12-9-14(20)10-17(25-2)18(12)23/h4-10,23H,3H2,1-2H3,(H,22,24)/b13-8-. The number of nitrogens with zero attached hydrogens (tertiary/aromatic N) is 1. The van der Waals surface area contributed by atoms with Crippen LogP contribution in [0.15, 0.2) is 42.0 Å². The van der Waals surface area contributed by atoms with E-state index in [2.05, 4.69) is 27.9 Å². The van der Waals surface area contributed by atoms with Crippen molar-refractivity contribution in [2.24, 2.45) is 0 Å². The third-order valence-corrected chi connectivity index (χ3v) is 4.00. The Kier molecular flexibility index (Phi) is 6.86. The Morgan fingerprint density at radius 1 is 1.35 bits per heavy atom. The van der Waals surface area contributed by atoms with Crippen LogP contribution >= 0.6 is 22.6 Å². The number of carbonyl (C=O) groups is 1. The molecular formula is C19H17IN2O4. The van der Waals surface area contributed by atoms with E-state index < -0.39 is 5.91 Å². The molecule has 2 N–H and O–H groups in total. The van der Waals surface area contributed by atoms with Crippen LogP contribution < -0.4 is 14.8 Å². The van der Waals surface area contributed by atoms with Gasteiger partial charge in [0.2, 0.25) is 0 Å². The van der Waals surface area contributed by atoms with Crippen molar-refractivity contribution < 1.29 is 19.4 Å². The van der Waals surface area contributed by atoms with Gasteiger partial charge in [-0.1, -0.05) is 0 Å². The summed E-state index contributed by atoms with van der Waals surface area (Å²) in [5, 5.41) is 22.2. The molecule has 7 heteroatoms. The van der Waals surface area contributed by atoms with Crippen LogP contribution in [0.5, 0.6) is 17.2 Å². The minimum atomic E-state index is -0.575. The lowest BCUT2D eigenvalue weighted by atomic mass is 10.1. The van der Waals surface area contributed by atoms with E-state index in [1.807, 2.05) is 13.0 Å². The number of amides is 1. The van der Waals surface area contributed by atoms with Gasteiger partial charge in [-0.3, -0.25) is 4.79 Å². The van der Waals surface area contributed by atoms with Gasteiger partial charge in [-0.2, -0.15) is 5.26 Å². The number of carbonyl (C=O) groups excluding carboxylic acids is 1. The average molecular weight is 464 g/mol. The third-order valence-electron chi connectivity index (χ3n) is 3.38. The van der Waals surface area contributed by atoms with E-state index in [0.29, 0.717) is 23.6 Å². The molecule has 0 heterocycles. The number of hydrogen-bond donors (Lipinski definition) is 2. The Labute approximate surface area is 165 Å². The minimum Gasteiger partial charge on any atom is -0.504 e. The number of methoxy groups -OCH3 is 1. The second-order valence-corrected chi connectivity index (χ2v) is 6.37. The van der Waals surface area contributed by atoms with Gasteiger partial charge in [-0.05, 0) is 72.0 Å². The predicted octanol–water partition coefficient (Wildman–Crippen LogP) is 3.95. The number of nitriles is 1. The summed E-state index contributed by atoms with van der Waals surface area (Å²) < 4.78 is 11.2. The molecule has 0 fully saturated rings. The molecule has 0 aliphatic heterocycles. The predicted molar refractivity (Wildman–Crippen MR) is 107 cm³/mol. The number of rotatable bonds is 6. The number of aromatic hydroxyl groups is 1. The van der Waals surface area contributed by atoms with Gasteiger partial charge in [0.05, 0.1) is 13.7 Å². The van der Waals surface area contributed by atoms with Crippen LogP contribution in [0.3, 0.4) is 0 Å². The summed E-state index contributed by atoms with van der Waals surface area (Å²) in [6.45, 7) is 2.44. The number of nitrogens with one attached hydrogen (secondary N) is 1. The highest BCUT2D eigenvalue weighted by molar-refractivity contribution is 14.1. The third kappa shape index (κ3) is 4.89. The van der Waals surface area contributed by atoms with Crippen LogP contribution in [0.2, 0.25) is 0 Å². The molecule has 0 aliphatic carbocycles. The molecule has 6 nitrogen and oxygen atoms in total. The molecule has 2 aromatic carbocycles. The monoisotopic (exact) mass is 464 g/mol. The first-order valence-corrected chi connectivity index (χ1v) is 8.78. The van der Waals surface area contributed by atoms with E-state index in [1.165, 1.54) is 13.2 Å². The number of halogens is 1. The van der Waals surface area contributed by atoms with Gasteiger partial charge >= 0.3 is 0 Å². The minimum absolute atomic E-state index is 0.130. The molecule has 134 valence electrons. The molecule has 0 aromatic heterocycles. The van der Waals surface area contributed by atoms with E-state index in [1.54, 1.807) is 36.4 Å². The van der Waals surface area contributed by atoms with Crippen molar-refractivity contribution in [3.63, 3.8) is 0 Å². The smallest absolute Gasteiger partial charge is 0.266 e. The largest absolute Gasteiger partial charge is 0.504 e. The van der Waals surface area contributed by atoms with Gasteiger partial charge in [0.15, 0.2) is 11.5 Å². The van der Waals surface area contributed by atoms with Gasteiger partial charge in [-0.25, -0.2) is 0 Å². The number of ether oxygens (including phenoxy) is 2. The number of phenols is 1. The number of anilines is 1. The summed E-state index contributed by atoms with van der Waals surface area (Å²) in [6, 6.07) is 12.0. The maximum absolute atomic E-state index is 12.4. The topological polar surface area (TPSA) is 91.6 Å². The average Bonchev–Trinajstić information content (AvgIpc) is 2.63. The van der Waals surface area contributed by atoms with E-state index in [9.17, 15) is 15.2 Å². The Hall–Kier alpha value is -2.73. The zero-order valence-corrected chi connectivity index (χ0v) is 16.4. The fraction of sp³-hybridized carbons (Fsp3) is 0.158. The summed E-state index contributed by atoms with van der Waals surface area (Å²) in [4.78, 5) is 12.4. The molecular weight excluding hydrogens is 447 g/mol. The highest BCUT2D eigenvalue weighted by Gasteiger charge is 2.14. The van der Waals surface area contributed by atoms with Crippen molar-refractivity contribution in [3.05, 3.63) is 51.1 Å². The highest BCUT2D eigenvalue weighted by atomic mass is 127. The fourth-order valence-corrected chi connectivity index (χ4v) is 2.78. The normalized spacial score (nSPS) is 10.8. The van der Waals surface area contributed by atoms with Crippen LogP contribution in [-0.4, -0.2) is 24.7 Å². The fourth-order valence-electron chi connectivity index (χ4n) is 2.16. The first-order valence-electron chi connectivity index (χ1n) is 7.71. The second kappa shape index (κ2) is 9.10. The zero-order chi connectivity index (χ0) is 19.1. The van der Waals surface area contributed by atoms with Crippen LogP contribution in [0.1, 0.15) is 12.5 Å². The Morgan fingerprint density at radius 3 is 2.62 bits per heavy atom. The van der Waals surface area contributed by atoms with E-state index in [-0.39, 0.29) is 17.1 Å². The zero-order valence-electron chi connectivity index (χ0n) is 14.2. The summed E-state index contributed by atoms with van der Waals surface area (Å²) in [5.74, 6) is 0.258. The molecule has 0 atom stereocenters. The lowest BCUT2D eigenvalue weighted by Crippen LogP contribution is -2.13. The highest BCUT2D eigenvalue weighted by Crippen LogP contribution is 2.33. The molecule has 0 bridgehead atoms. The molecule has 26 heavy (non-hydrogen) atoms. The first-order chi connectivity index (χ1) is 12.5. The maximum atomic E-state index is 12.4. The first kappa shape index (κ1) is 19.6. The molecule has 1 amide bonds. The van der Waals surface area contributed by atoms with Crippen molar-refractivity contribution in [1.29, 1.82) is 5.26 Å². The quantitative estimate of drug-likeness (QED) is 0.384. The van der Waals surface area contributed by atoms with Gasteiger partial charge in [0.25, 0.3) is 5.91 Å². The summed E-state index contributed by atoms with van der Waals surface area (Å²) in [7, 11) is 1.43. The van der Waals surface area contributed by atoms with Crippen LogP contribution in [0.25, 0.3) is 6.08 Å². The second-order valence-electron chi connectivity index (χ2n) is 5.13. The molecule has 0 radical (unpaired) electrons. The molecule has 0 aliphatic rings. The van der Waals surface area contributed by atoms with E-state index in [4.69, 9.17) is 9.47 Å². The van der Waals surface area contributed by atoms with Crippen molar-refractivity contribution in [2.45, 2.75) is 6.92 Å². The molecule has 0 saturated carbocycles. The summed E-state index contributed by atoms with van der Waals surface area (Å²) >= 11 is 2.06. The number of phenolic OH excluding ortho intramolecular Hbond substituents is 1. The van der Waals surface area contributed by atoms with Gasteiger partial charge in [0.1, 0.15) is 17.4 Å². The lowest BCUT2D eigenvalue weighted by molar-refractivity contribution is -0.112. The number of hydrogen-bond acceptors (Lipinski definition) is 5. The van der Waals surface area contributed by atoms with Crippen LogP contribution in [-0.2, 0) is 4.79 Å². The SMILES string of the molecule is CCOc1ccc(NC(=O)/C(C#N)=C\c2cc(I)cc(OC)c2O)cc1. The Morgan fingerprint density at radius 2 is 2.04 bits per heavy atom. The van der Waals surface area contributed by atoms with Crippen molar-refractivity contribution >= 4 is 40.3 Å². The maximum Gasteiger partial charge on any atom is 0.266 e. The van der Waals surface area contributed by atoms with Crippen molar-refractivity contribution in [3.8, 4) is 23.3 Å². The van der Waals surface area contributed by atoms with Gasteiger partial charge in [-0.15, -0.1) is 0 Å². The summed E-state index contributed by atoms with van der Waals surface area (Å²) in [5.41, 5.74) is 0.717. The molecule has 2 aromatic rings. The van der Waals surface area contributed by atoms with Crippen molar-refractivity contribution in [2.75, 3.05) is 19.0 Å². The Bertz CT molecular complexity index is 870.